The largest absolute Gasteiger partial charge is 0.497 e. The lowest BCUT2D eigenvalue weighted by Gasteiger charge is -2.33. The molecule has 2 aromatic rings. The van der Waals surface area contributed by atoms with Gasteiger partial charge in [0.25, 0.3) is 0 Å². The molecule has 0 bridgehead atoms. The zero-order valence-electron chi connectivity index (χ0n) is 16.8. The van der Waals surface area contributed by atoms with E-state index in [1.807, 2.05) is 24.4 Å². The molecule has 1 N–H and O–H groups in total. The van der Waals surface area contributed by atoms with Crippen LogP contribution in [-0.2, 0) is 4.79 Å². The van der Waals surface area contributed by atoms with Gasteiger partial charge < -0.3 is 14.6 Å². The van der Waals surface area contributed by atoms with E-state index < -0.39 is 0 Å². The first-order valence-corrected chi connectivity index (χ1v) is 10.6. The molecule has 2 saturated heterocycles. The fraction of sp³-hybridized carbons (Fsp3) is 0.522. The van der Waals surface area contributed by atoms with Crippen LogP contribution in [0, 0.1) is 0 Å². The van der Waals surface area contributed by atoms with Crippen LogP contribution in [0.25, 0.3) is 0 Å². The number of methoxy groups -OCH3 is 1. The third kappa shape index (κ3) is 4.09. The molecule has 1 aromatic heterocycles. The lowest BCUT2D eigenvalue weighted by Crippen LogP contribution is -2.42. The number of likely N-dealkylation sites (tertiary alicyclic amines) is 2. The lowest BCUT2D eigenvalue weighted by atomic mass is 10.0. The Labute approximate surface area is 167 Å². The van der Waals surface area contributed by atoms with Crippen molar-refractivity contribution in [2.75, 3.05) is 26.7 Å². The average Bonchev–Trinajstić information content (AvgIpc) is 3.34. The van der Waals surface area contributed by atoms with E-state index in [1.165, 1.54) is 24.1 Å². The fourth-order valence-corrected chi connectivity index (χ4v) is 4.76. The maximum absolute atomic E-state index is 13.4. The molecule has 0 spiro atoms. The average molecular weight is 382 g/mol. The molecular formula is C23H31N3O2. The number of amides is 1. The highest BCUT2D eigenvalue weighted by molar-refractivity contribution is 5.79. The monoisotopic (exact) mass is 381 g/mol. The second-order valence-electron chi connectivity index (χ2n) is 7.98. The van der Waals surface area contributed by atoms with Crippen molar-refractivity contribution in [3.8, 4) is 5.75 Å². The van der Waals surface area contributed by atoms with Crippen LogP contribution in [0.1, 0.15) is 61.9 Å². The van der Waals surface area contributed by atoms with E-state index >= 15 is 0 Å². The topological polar surface area (TPSA) is 48.6 Å². The van der Waals surface area contributed by atoms with Gasteiger partial charge in [0, 0.05) is 18.4 Å². The van der Waals surface area contributed by atoms with E-state index in [9.17, 15) is 4.79 Å². The van der Waals surface area contributed by atoms with Crippen LogP contribution in [0.15, 0.2) is 42.6 Å². The molecule has 1 aromatic carbocycles. The summed E-state index contributed by atoms with van der Waals surface area (Å²) < 4.78 is 5.30. The molecule has 2 aliphatic rings. The van der Waals surface area contributed by atoms with E-state index in [2.05, 4.69) is 33.0 Å². The second kappa shape index (κ2) is 8.82. The van der Waals surface area contributed by atoms with Gasteiger partial charge in [-0.15, -0.1) is 0 Å². The van der Waals surface area contributed by atoms with Crippen molar-refractivity contribution < 1.29 is 9.53 Å². The molecule has 28 heavy (non-hydrogen) atoms. The molecule has 2 fully saturated rings. The normalized spacial score (nSPS) is 23.5. The Bertz CT molecular complexity index is 757. The summed E-state index contributed by atoms with van der Waals surface area (Å²) in [4.78, 5) is 21.2. The Morgan fingerprint density at radius 1 is 1.04 bits per heavy atom. The van der Waals surface area contributed by atoms with Gasteiger partial charge in [-0.3, -0.25) is 9.69 Å². The number of nitrogens with zero attached hydrogens (tertiary/aromatic N) is 2. The van der Waals surface area contributed by atoms with Crippen LogP contribution in [0.5, 0.6) is 5.75 Å². The number of aromatic nitrogens is 1. The van der Waals surface area contributed by atoms with Gasteiger partial charge in [0.05, 0.1) is 25.7 Å². The SMILES string of the molecule is COc1ccc([C@@H]2CCCCCN2C(=O)CN2CCC[C@H]2c2ccc[nH]2)cc1. The molecule has 0 saturated carbocycles. The summed E-state index contributed by atoms with van der Waals surface area (Å²) in [5.74, 6) is 1.13. The number of carbonyl (C=O) groups is 1. The summed E-state index contributed by atoms with van der Waals surface area (Å²) >= 11 is 0. The standard InChI is InChI=1S/C23H31N3O2/c1-28-19-12-10-18(11-13-19)21-8-3-2-4-16-26(21)23(27)17-25-15-6-9-22(25)20-7-5-14-24-20/h5,7,10-14,21-22,24H,2-4,6,8-9,15-17H2,1H3/t21-,22-/m0/s1. The molecule has 4 rings (SSSR count). The van der Waals surface area contributed by atoms with Gasteiger partial charge in [-0.1, -0.05) is 25.0 Å². The molecule has 1 amide bonds. The molecule has 5 heteroatoms. The highest BCUT2D eigenvalue weighted by atomic mass is 16.5. The predicted molar refractivity (Wildman–Crippen MR) is 110 cm³/mol. The molecule has 2 aliphatic heterocycles. The number of H-pyrrole nitrogens is 1. The van der Waals surface area contributed by atoms with Crippen LogP contribution in [0.2, 0.25) is 0 Å². The minimum absolute atomic E-state index is 0.174. The number of benzene rings is 1. The summed E-state index contributed by atoms with van der Waals surface area (Å²) in [6, 6.07) is 12.9. The first-order valence-electron chi connectivity index (χ1n) is 10.6. The van der Waals surface area contributed by atoms with Gasteiger partial charge in [-0.2, -0.15) is 0 Å². The number of hydrogen-bond acceptors (Lipinski definition) is 3. The fourth-order valence-electron chi connectivity index (χ4n) is 4.76. The Morgan fingerprint density at radius 3 is 2.61 bits per heavy atom. The van der Waals surface area contributed by atoms with Crippen LogP contribution in [0.3, 0.4) is 0 Å². The van der Waals surface area contributed by atoms with E-state index in [4.69, 9.17) is 4.74 Å². The molecule has 0 unspecified atom stereocenters. The maximum atomic E-state index is 13.4. The molecular weight excluding hydrogens is 350 g/mol. The summed E-state index contributed by atoms with van der Waals surface area (Å²) in [5.41, 5.74) is 2.45. The van der Waals surface area contributed by atoms with Crippen molar-refractivity contribution in [3.05, 3.63) is 53.9 Å². The summed E-state index contributed by atoms with van der Waals surface area (Å²) in [6.45, 7) is 2.36. The number of nitrogens with one attached hydrogen (secondary N) is 1. The number of carbonyl (C=O) groups excluding carboxylic acids is 1. The minimum atomic E-state index is 0.174. The van der Waals surface area contributed by atoms with Gasteiger partial charge in [0.1, 0.15) is 5.75 Å². The number of hydrogen-bond donors (Lipinski definition) is 1. The Hall–Kier alpha value is -2.27. The molecule has 150 valence electrons. The molecule has 2 atom stereocenters. The Balaban J connectivity index is 1.49. The molecule has 3 heterocycles. The lowest BCUT2D eigenvalue weighted by molar-refractivity contribution is -0.135. The van der Waals surface area contributed by atoms with Gasteiger partial charge >= 0.3 is 0 Å². The summed E-state index contributed by atoms with van der Waals surface area (Å²) in [5, 5.41) is 0. The van der Waals surface area contributed by atoms with Crippen molar-refractivity contribution in [2.24, 2.45) is 0 Å². The zero-order chi connectivity index (χ0) is 19.3. The van der Waals surface area contributed by atoms with Crippen LogP contribution < -0.4 is 4.74 Å². The van der Waals surface area contributed by atoms with Gasteiger partial charge in [-0.05, 0) is 62.1 Å². The van der Waals surface area contributed by atoms with Crippen LogP contribution >= 0.6 is 0 Å². The first kappa shape index (κ1) is 19.1. The predicted octanol–water partition coefficient (Wildman–Crippen LogP) is 4.30. The van der Waals surface area contributed by atoms with Crippen LogP contribution in [-0.4, -0.2) is 47.4 Å². The maximum Gasteiger partial charge on any atom is 0.237 e. The van der Waals surface area contributed by atoms with E-state index in [0.717, 1.165) is 44.5 Å². The van der Waals surface area contributed by atoms with E-state index in [0.29, 0.717) is 12.6 Å². The van der Waals surface area contributed by atoms with Crippen LogP contribution in [0.4, 0.5) is 0 Å². The van der Waals surface area contributed by atoms with Crippen molar-refractivity contribution in [1.82, 2.24) is 14.8 Å². The molecule has 0 aliphatic carbocycles. The highest BCUT2D eigenvalue weighted by Gasteiger charge is 2.32. The van der Waals surface area contributed by atoms with E-state index in [1.54, 1.807) is 7.11 Å². The van der Waals surface area contributed by atoms with Gasteiger partial charge in [-0.25, -0.2) is 0 Å². The smallest absolute Gasteiger partial charge is 0.237 e. The van der Waals surface area contributed by atoms with E-state index in [-0.39, 0.29) is 11.9 Å². The van der Waals surface area contributed by atoms with Gasteiger partial charge in [0.2, 0.25) is 5.91 Å². The third-order valence-electron chi connectivity index (χ3n) is 6.26. The first-order chi connectivity index (χ1) is 13.8. The van der Waals surface area contributed by atoms with Gasteiger partial charge in [0.15, 0.2) is 0 Å². The Kier molecular flexibility index (Phi) is 6.01. The highest BCUT2D eigenvalue weighted by Crippen LogP contribution is 2.34. The zero-order valence-corrected chi connectivity index (χ0v) is 16.8. The van der Waals surface area contributed by atoms with Crippen molar-refractivity contribution in [2.45, 2.75) is 50.6 Å². The number of ether oxygens (including phenoxy) is 1. The quantitative estimate of drug-likeness (QED) is 0.840. The summed E-state index contributed by atoms with van der Waals surface area (Å²) in [7, 11) is 1.69. The van der Waals surface area contributed by atoms with Crippen molar-refractivity contribution in [3.63, 3.8) is 0 Å². The Morgan fingerprint density at radius 2 is 1.86 bits per heavy atom. The third-order valence-corrected chi connectivity index (χ3v) is 6.26. The van der Waals surface area contributed by atoms with Crippen molar-refractivity contribution >= 4 is 5.91 Å². The number of aromatic amines is 1. The second-order valence-corrected chi connectivity index (χ2v) is 7.98. The van der Waals surface area contributed by atoms with Crippen molar-refractivity contribution in [1.29, 1.82) is 0 Å². The number of rotatable bonds is 5. The minimum Gasteiger partial charge on any atom is -0.497 e. The molecule has 0 radical (unpaired) electrons. The molecule has 5 nitrogen and oxygen atoms in total. The summed E-state index contributed by atoms with van der Waals surface area (Å²) in [6.07, 6.45) is 8.76.